The zero-order chi connectivity index (χ0) is 18.4. The van der Waals surface area contributed by atoms with Crippen molar-refractivity contribution in [2.24, 2.45) is 0 Å². The number of hydrogen-bond acceptors (Lipinski definition) is 1. The summed E-state index contributed by atoms with van der Waals surface area (Å²) >= 11 is 0. The second kappa shape index (κ2) is 4.79. The van der Waals surface area contributed by atoms with Crippen LogP contribution in [-0.2, 0) is 0 Å². The predicted octanol–water partition coefficient (Wildman–Crippen LogP) is 6.85. The molecule has 7 aromatic rings. The van der Waals surface area contributed by atoms with Crippen LogP contribution in [0.2, 0.25) is 0 Å². The van der Waals surface area contributed by atoms with Crippen molar-refractivity contribution in [3.8, 4) is 0 Å². The van der Waals surface area contributed by atoms with Crippen molar-refractivity contribution < 1.29 is 0 Å². The van der Waals surface area contributed by atoms with Gasteiger partial charge < -0.3 is 4.40 Å². The molecule has 2 nitrogen and oxygen atoms in total. The molecule has 0 aliphatic rings. The van der Waals surface area contributed by atoms with Crippen molar-refractivity contribution >= 4 is 59.8 Å². The molecule has 7 rings (SSSR count). The van der Waals surface area contributed by atoms with Gasteiger partial charge >= 0.3 is 0 Å². The highest BCUT2D eigenvalue weighted by Crippen LogP contribution is 2.42. The van der Waals surface area contributed by atoms with E-state index >= 15 is 0 Å². The second-order valence-corrected chi connectivity index (χ2v) is 7.74. The summed E-state index contributed by atoms with van der Waals surface area (Å²) in [5.41, 5.74) is 6.17. The number of aryl methyl sites for hydroxylation is 1. The summed E-state index contributed by atoms with van der Waals surface area (Å²) in [5.74, 6) is 0. The van der Waals surface area contributed by atoms with E-state index in [0.717, 1.165) is 5.52 Å². The van der Waals surface area contributed by atoms with Gasteiger partial charge in [-0.05, 0) is 59.0 Å². The zero-order valence-corrected chi connectivity index (χ0v) is 15.4. The van der Waals surface area contributed by atoms with Gasteiger partial charge in [0.2, 0.25) is 0 Å². The quantitative estimate of drug-likeness (QED) is 0.215. The molecule has 0 fully saturated rings. The maximum absolute atomic E-state index is 4.87. The molecule has 0 aliphatic heterocycles. The lowest BCUT2D eigenvalue weighted by molar-refractivity contribution is 1.34. The molecule has 3 heterocycles. The molecule has 0 saturated carbocycles. The van der Waals surface area contributed by atoms with Crippen molar-refractivity contribution in [2.45, 2.75) is 6.92 Å². The third kappa shape index (κ3) is 1.58. The van der Waals surface area contributed by atoms with E-state index in [2.05, 4.69) is 84.1 Å². The third-order valence-corrected chi connectivity index (χ3v) is 6.25. The Morgan fingerprint density at radius 2 is 1.46 bits per heavy atom. The number of pyridine rings is 2. The molecule has 0 atom stereocenters. The normalized spacial score (nSPS) is 12.5. The van der Waals surface area contributed by atoms with Crippen LogP contribution in [0.4, 0.5) is 0 Å². The first kappa shape index (κ1) is 14.4. The summed E-state index contributed by atoms with van der Waals surface area (Å²) in [5, 5.41) is 8.91. The molecule has 3 aromatic heterocycles. The Labute approximate surface area is 161 Å². The van der Waals surface area contributed by atoms with Crippen molar-refractivity contribution in [3.63, 3.8) is 0 Å². The molecule has 0 bridgehead atoms. The van der Waals surface area contributed by atoms with E-state index < -0.39 is 0 Å². The molecule has 0 unspecified atom stereocenters. The summed E-state index contributed by atoms with van der Waals surface area (Å²) in [7, 11) is 0. The van der Waals surface area contributed by atoms with E-state index in [1.54, 1.807) is 0 Å². The molecule has 2 heteroatoms. The van der Waals surface area contributed by atoms with Gasteiger partial charge in [0.25, 0.3) is 0 Å². The highest BCUT2D eigenvalue weighted by Gasteiger charge is 2.19. The average molecular weight is 356 g/mol. The minimum Gasteiger partial charge on any atom is -0.308 e. The van der Waals surface area contributed by atoms with Gasteiger partial charge in [-0.2, -0.15) is 0 Å². The third-order valence-electron chi connectivity index (χ3n) is 6.25. The minimum absolute atomic E-state index is 1.10. The van der Waals surface area contributed by atoms with Crippen LogP contribution >= 0.6 is 0 Å². The van der Waals surface area contributed by atoms with Crippen molar-refractivity contribution in [1.82, 2.24) is 9.38 Å². The van der Waals surface area contributed by atoms with Crippen LogP contribution in [0.3, 0.4) is 0 Å². The van der Waals surface area contributed by atoms with Gasteiger partial charge in [-0.3, -0.25) is 4.98 Å². The zero-order valence-electron chi connectivity index (χ0n) is 15.4. The maximum atomic E-state index is 4.87. The van der Waals surface area contributed by atoms with Crippen LogP contribution < -0.4 is 0 Å². The SMILES string of the molecule is Cc1cc2c3ccccc3n3c4cc5ccccc5cc4c4nccc1c4c23. The largest absolute Gasteiger partial charge is 0.308 e. The van der Waals surface area contributed by atoms with Gasteiger partial charge in [-0.1, -0.05) is 42.5 Å². The van der Waals surface area contributed by atoms with Crippen LogP contribution in [0.5, 0.6) is 0 Å². The first-order valence-corrected chi connectivity index (χ1v) is 9.66. The molecule has 0 amide bonds. The van der Waals surface area contributed by atoms with Gasteiger partial charge in [0.15, 0.2) is 0 Å². The Balaban J connectivity index is 1.96. The number of aromatic nitrogens is 2. The summed E-state index contributed by atoms with van der Waals surface area (Å²) < 4.78 is 2.45. The lowest BCUT2D eigenvalue weighted by Crippen LogP contribution is -1.95. The van der Waals surface area contributed by atoms with E-state index in [1.165, 1.54) is 59.8 Å². The fraction of sp³-hybridized carbons (Fsp3) is 0.0385. The molecule has 0 spiro atoms. The second-order valence-electron chi connectivity index (χ2n) is 7.74. The van der Waals surface area contributed by atoms with E-state index in [1.807, 2.05) is 6.20 Å². The summed E-state index contributed by atoms with van der Waals surface area (Å²) in [6.07, 6.45) is 1.95. The number of hydrogen-bond donors (Lipinski definition) is 0. The van der Waals surface area contributed by atoms with E-state index in [0.29, 0.717) is 0 Å². The van der Waals surface area contributed by atoms with Crippen molar-refractivity contribution in [1.29, 1.82) is 0 Å². The number of benzene rings is 4. The Morgan fingerprint density at radius 3 is 2.36 bits per heavy atom. The maximum Gasteiger partial charge on any atom is 0.0823 e. The molecule has 0 saturated heterocycles. The van der Waals surface area contributed by atoms with Crippen LogP contribution in [-0.4, -0.2) is 9.38 Å². The van der Waals surface area contributed by atoms with Crippen LogP contribution in [0.1, 0.15) is 5.56 Å². The minimum atomic E-state index is 1.10. The first-order valence-electron chi connectivity index (χ1n) is 9.66. The molecular weight excluding hydrogens is 340 g/mol. The number of rotatable bonds is 0. The van der Waals surface area contributed by atoms with E-state index in [9.17, 15) is 0 Å². The molecule has 28 heavy (non-hydrogen) atoms. The van der Waals surface area contributed by atoms with Gasteiger partial charge in [0.05, 0.1) is 22.1 Å². The Hall–Kier alpha value is -3.65. The number of nitrogens with zero attached hydrogens (tertiary/aromatic N) is 2. The summed E-state index contributed by atoms with van der Waals surface area (Å²) in [4.78, 5) is 4.87. The molecule has 0 N–H and O–H groups in total. The number of para-hydroxylation sites is 1. The smallest absolute Gasteiger partial charge is 0.0823 e. The molecular formula is C26H16N2. The highest BCUT2D eigenvalue weighted by atomic mass is 14.9. The van der Waals surface area contributed by atoms with E-state index in [-0.39, 0.29) is 0 Å². The first-order chi connectivity index (χ1) is 13.8. The lowest BCUT2D eigenvalue weighted by atomic mass is 9.97. The average Bonchev–Trinajstić information content (AvgIpc) is 3.07. The molecule has 0 aliphatic carbocycles. The summed E-state index contributed by atoms with van der Waals surface area (Å²) in [6, 6.07) is 26.4. The topological polar surface area (TPSA) is 17.3 Å². The standard InChI is InChI=1S/C26H16N2/c1-15-12-20-19-8-4-5-9-22(19)28-23-14-17-7-3-2-6-16(17)13-21(23)25-24(26(20)28)18(15)10-11-27-25/h2-14H,1H3. The summed E-state index contributed by atoms with van der Waals surface area (Å²) in [6.45, 7) is 2.21. The lowest BCUT2D eigenvalue weighted by Gasteiger charge is -2.14. The fourth-order valence-corrected chi connectivity index (χ4v) is 5.04. The Kier molecular flexibility index (Phi) is 2.47. The van der Waals surface area contributed by atoms with Crippen LogP contribution in [0.15, 0.2) is 79.0 Å². The van der Waals surface area contributed by atoms with E-state index in [4.69, 9.17) is 4.98 Å². The molecule has 0 radical (unpaired) electrons. The van der Waals surface area contributed by atoms with Gasteiger partial charge in [-0.25, -0.2) is 0 Å². The predicted molar refractivity (Wildman–Crippen MR) is 119 cm³/mol. The Bertz CT molecular complexity index is 1720. The van der Waals surface area contributed by atoms with Gasteiger partial charge in [-0.15, -0.1) is 0 Å². The van der Waals surface area contributed by atoms with Crippen molar-refractivity contribution in [2.75, 3.05) is 0 Å². The van der Waals surface area contributed by atoms with Gasteiger partial charge in [0, 0.05) is 27.7 Å². The molecule has 4 aromatic carbocycles. The fourth-order valence-electron chi connectivity index (χ4n) is 5.04. The van der Waals surface area contributed by atoms with Crippen molar-refractivity contribution in [3.05, 3.63) is 84.6 Å². The Morgan fingerprint density at radius 1 is 0.679 bits per heavy atom. The van der Waals surface area contributed by atoms with Crippen LogP contribution in [0, 0.1) is 6.92 Å². The van der Waals surface area contributed by atoms with Gasteiger partial charge in [0.1, 0.15) is 0 Å². The molecule has 130 valence electrons. The monoisotopic (exact) mass is 356 g/mol. The van der Waals surface area contributed by atoms with Crippen LogP contribution in [0.25, 0.3) is 59.8 Å². The number of fused-ring (bicyclic) bond motifs is 7. The highest BCUT2D eigenvalue weighted by molar-refractivity contribution is 6.28.